The van der Waals surface area contributed by atoms with Crippen molar-refractivity contribution in [3.63, 3.8) is 0 Å². The van der Waals surface area contributed by atoms with Crippen LogP contribution in [0.3, 0.4) is 0 Å². The van der Waals surface area contributed by atoms with E-state index in [-0.39, 0.29) is 28.1 Å². The van der Waals surface area contributed by atoms with Crippen molar-refractivity contribution in [3.8, 4) is 0 Å². The minimum absolute atomic E-state index is 0. The summed E-state index contributed by atoms with van der Waals surface area (Å²) < 4.78 is 6.83. The van der Waals surface area contributed by atoms with Crippen molar-refractivity contribution in [2.24, 2.45) is 0 Å². The number of nitrogen functional groups attached to an aromatic ring is 1. The van der Waals surface area contributed by atoms with E-state index in [0.29, 0.717) is 0 Å². The third-order valence-electron chi connectivity index (χ3n) is 2.64. The number of rotatable bonds is 2. The van der Waals surface area contributed by atoms with Gasteiger partial charge in [0.05, 0.1) is 6.61 Å². The molecule has 0 spiro atoms. The molecule has 10 heteroatoms. The Bertz CT molecular complexity index is 470. The van der Waals surface area contributed by atoms with Crippen LogP contribution in [-0.2, 0) is 4.74 Å². The smallest absolute Gasteiger partial charge is 0.203 e. The standard InChI is InChI=1S/C9H13N3O4S.2H2O/c10-5-1-2-12(9(17)11-5)8-7(15)6(14)4(3-13)16-8;;/h1-2,4,6-8,13-15H,3H2,(H2,10,11,17);2*1H2/t4-,6?,7?,8-;;/m1../s1. The number of aliphatic hydroxyl groups is 3. The van der Waals surface area contributed by atoms with Crippen LogP contribution < -0.4 is 5.73 Å². The third-order valence-corrected chi connectivity index (χ3v) is 2.94. The zero-order valence-corrected chi connectivity index (χ0v) is 10.6. The number of nitrogens with zero attached hydrogens (tertiary/aromatic N) is 2. The van der Waals surface area contributed by atoms with E-state index in [2.05, 4.69) is 4.98 Å². The van der Waals surface area contributed by atoms with Gasteiger partial charge in [-0.1, -0.05) is 0 Å². The van der Waals surface area contributed by atoms with E-state index in [1.165, 1.54) is 16.8 Å². The van der Waals surface area contributed by atoms with Gasteiger partial charge in [-0.15, -0.1) is 0 Å². The van der Waals surface area contributed by atoms with E-state index in [0.717, 1.165) is 0 Å². The average Bonchev–Trinajstić information content (AvgIpc) is 2.57. The van der Waals surface area contributed by atoms with Crippen LogP contribution in [0.1, 0.15) is 6.23 Å². The second-order valence-electron chi connectivity index (χ2n) is 3.77. The molecular weight excluding hydrogens is 278 g/mol. The molecule has 2 rings (SSSR count). The fourth-order valence-corrected chi connectivity index (χ4v) is 2.00. The Kier molecular flexibility index (Phi) is 6.45. The van der Waals surface area contributed by atoms with Gasteiger partial charge in [0.25, 0.3) is 0 Å². The molecule has 19 heavy (non-hydrogen) atoms. The maximum absolute atomic E-state index is 9.79. The summed E-state index contributed by atoms with van der Waals surface area (Å²) in [6.07, 6.45) is -2.53. The maximum atomic E-state index is 9.79. The molecule has 0 radical (unpaired) electrons. The Hall–Kier alpha value is -1.14. The number of nitrogens with two attached hydrogens (primary N) is 1. The first kappa shape index (κ1) is 17.9. The van der Waals surface area contributed by atoms with Gasteiger partial charge in [0.2, 0.25) is 4.77 Å². The lowest BCUT2D eigenvalue weighted by Crippen LogP contribution is -2.33. The molecule has 0 aliphatic carbocycles. The van der Waals surface area contributed by atoms with Crippen molar-refractivity contribution in [2.75, 3.05) is 12.3 Å². The number of anilines is 1. The first-order valence-electron chi connectivity index (χ1n) is 5.01. The van der Waals surface area contributed by atoms with Crippen LogP contribution in [0.4, 0.5) is 5.82 Å². The molecule has 0 bridgehead atoms. The van der Waals surface area contributed by atoms with Gasteiger partial charge < -0.3 is 36.7 Å². The van der Waals surface area contributed by atoms with E-state index < -0.39 is 24.5 Å². The highest BCUT2D eigenvalue weighted by Gasteiger charge is 2.43. The Balaban J connectivity index is 0.00000162. The molecule has 0 saturated carbocycles. The second-order valence-corrected chi connectivity index (χ2v) is 4.14. The predicted molar refractivity (Wildman–Crippen MR) is 67.7 cm³/mol. The highest BCUT2D eigenvalue weighted by Crippen LogP contribution is 2.29. The zero-order valence-electron chi connectivity index (χ0n) is 9.80. The summed E-state index contributed by atoms with van der Waals surface area (Å²) in [4.78, 5) is 3.85. The Labute approximate surface area is 113 Å². The van der Waals surface area contributed by atoms with Crippen molar-refractivity contribution < 1.29 is 31.0 Å². The molecule has 1 saturated heterocycles. The molecule has 9 N–H and O–H groups in total. The van der Waals surface area contributed by atoms with Crippen molar-refractivity contribution in [3.05, 3.63) is 17.0 Å². The Morgan fingerprint density at radius 1 is 1.37 bits per heavy atom. The highest BCUT2D eigenvalue weighted by atomic mass is 32.1. The molecule has 0 aromatic carbocycles. The van der Waals surface area contributed by atoms with E-state index in [1.54, 1.807) is 0 Å². The summed E-state index contributed by atoms with van der Waals surface area (Å²) in [5.41, 5.74) is 5.46. The molecule has 1 aliphatic rings. The van der Waals surface area contributed by atoms with Crippen LogP contribution in [0, 0.1) is 4.77 Å². The molecule has 0 amide bonds. The van der Waals surface area contributed by atoms with Gasteiger partial charge in [0, 0.05) is 6.20 Å². The summed E-state index contributed by atoms with van der Waals surface area (Å²) in [5, 5.41) is 28.4. The van der Waals surface area contributed by atoms with Gasteiger partial charge in [-0.3, -0.25) is 4.57 Å². The van der Waals surface area contributed by atoms with Gasteiger partial charge in [-0.25, -0.2) is 4.98 Å². The Morgan fingerprint density at radius 2 is 2.00 bits per heavy atom. The first-order chi connectivity index (χ1) is 8.04. The fraction of sp³-hybridized carbons (Fsp3) is 0.556. The van der Waals surface area contributed by atoms with Crippen LogP contribution in [0.25, 0.3) is 0 Å². The summed E-state index contributed by atoms with van der Waals surface area (Å²) in [5.74, 6) is 0.262. The number of hydrogen-bond donors (Lipinski definition) is 4. The molecule has 4 atom stereocenters. The Morgan fingerprint density at radius 3 is 2.47 bits per heavy atom. The van der Waals surface area contributed by atoms with Crippen molar-refractivity contribution >= 4 is 18.0 Å². The predicted octanol–water partition coefficient (Wildman–Crippen LogP) is -2.84. The lowest BCUT2D eigenvalue weighted by Gasteiger charge is -2.18. The monoisotopic (exact) mass is 295 g/mol. The van der Waals surface area contributed by atoms with E-state index in [4.69, 9.17) is 27.8 Å². The number of hydrogen-bond acceptors (Lipinski definition) is 7. The van der Waals surface area contributed by atoms with Gasteiger partial charge >= 0.3 is 0 Å². The molecule has 1 aliphatic heterocycles. The van der Waals surface area contributed by atoms with Crippen molar-refractivity contribution in [1.29, 1.82) is 0 Å². The van der Waals surface area contributed by atoms with Crippen LogP contribution >= 0.6 is 12.2 Å². The molecule has 110 valence electrons. The highest BCUT2D eigenvalue weighted by molar-refractivity contribution is 7.71. The minimum Gasteiger partial charge on any atom is -0.412 e. The minimum atomic E-state index is -1.18. The van der Waals surface area contributed by atoms with Gasteiger partial charge in [0.1, 0.15) is 24.1 Å². The summed E-state index contributed by atoms with van der Waals surface area (Å²) in [6, 6.07) is 1.50. The third kappa shape index (κ3) is 3.25. The molecule has 1 aromatic heterocycles. The quantitative estimate of drug-likeness (QED) is 0.424. The first-order valence-corrected chi connectivity index (χ1v) is 5.42. The summed E-state index contributed by atoms with van der Waals surface area (Å²) in [6.45, 7) is -0.384. The SMILES string of the molecule is Nc1ccn([C@@H]2O[C@H](CO)C(O)C2O)c(=S)n1.O.O. The lowest BCUT2D eigenvalue weighted by atomic mass is 10.1. The maximum Gasteiger partial charge on any atom is 0.203 e. The second kappa shape index (κ2) is 6.86. The number of aliphatic hydroxyl groups excluding tert-OH is 3. The van der Waals surface area contributed by atoms with Crippen LogP contribution in [0.2, 0.25) is 0 Å². The van der Waals surface area contributed by atoms with Crippen LogP contribution in [0.5, 0.6) is 0 Å². The molecule has 1 aromatic rings. The zero-order chi connectivity index (χ0) is 12.6. The molecule has 2 unspecified atom stereocenters. The van der Waals surface area contributed by atoms with Crippen LogP contribution in [-0.4, -0.2) is 60.7 Å². The normalized spacial score (nSPS) is 29.4. The van der Waals surface area contributed by atoms with E-state index >= 15 is 0 Å². The number of aromatic nitrogens is 2. The number of ether oxygens (including phenoxy) is 1. The topological polar surface area (TPSA) is 177 Å². The summed E-state index contributed by atoms with van der Waals surface area (Å²) in [7, 11) is 0. The largest absolute Gasteiger partial charge is 0.412 e. The van der Waals surface area contributed by atoms with E-state index in [9.17, 15) is 10.2 Å². The molecule has 9 nitrogen and oxygen atoms in total. The van der Waals surface area contributed by atoms with Gasteiger partial charge in [-0.05, 0) is 18.3 Å². The average molecular weight is 295 g/mol. The molecule has 2 heterocycles. The van der Waals surface area contributed by atoms with Crippen molar-refractivity contribution in [1.82, 2.24) is 9.55 Å². The van der Waals surface area contributed by atoms with Gasteiger partial charge in [0.15, 0.2) is 6.23 Å². The van der Waals surface area contributed by atoms with Gasteiger partial charge in [-0.2, -0.15) is 0 Å². The van der Waals surface area contributed by atoms with E-state index in [1.807, 2.05) is 0 Å². The lowest BCUT2D eigenvalue weighted by molar-refractivity contribution is -0.0540. The van der Waals surface area contributed by atoms with Crippen molar-refractivity contribution in [2.45, 2.75) is 24.5 Å². The summed E-state index contributed by atoms with van der Waals surface area (Å²) >= 11 is 4.98. The van der Waals surface area contributed by atoms with Crippen LogP contribution in [0.15, 0.2) is 12.3 Å². The molecular formula is C9H17N3O6S. The molecule has 1 fully saturated rings. The fourth-order valence-electron chi connectivity index (χ4n) is 1.73.